The summed E-state index contributed by atoms with van der Waals surface area (Å²) >= 11 is 0. The van der Waals surface area contributed by atoms with E-state index >= 15 is 0 Å². The van der Waals surface area contributed by atoms with Crippen LogP contribution in [0.25, 0.3) is 0 Å². The fourth-order valence-electron chi connectivity index (χ4n) is 2.42. The average Bonchev–Trinajstić information content (AvgIpc) is 2.85. The summed E-state index contributed by atoms with van der Waals surface area (Å²) in [4.78, 5) is 25.3. The van der Waals surface area contributed by atoms with Gasteiger partial charge in [0.1, 0.15) is 5.75 Å². The Morgan fingerprint density at radius 1 is 1.50 bits per heavy atom. The number of carbonyl (C=O) groups is 2. The number of ether oxygens (including phenoxy) is 1. The Hall–Kier alpha value is -2.18. The molecular formula is C15H18F2N2O3. The zero-order valence-electron chi connectivity index (χ0n) is 12.2. The maximum Gasteiger partial charge on any atom is 0.387 e. The van der Waals surface area contributed by atoms with Crippen molar-refractivity contribution in [3.63, 3.8) is 0 Å². The molecule has 0 aliphatic carbocycles. The average molecular weight is 312 g/mol. The van der Waals surface area contributed by atoms with Crippen molar-refractivity contribution in [2.45, 2.75) is 26.5 Å². The van der Waals surface area contributed by atoms with Crippen molar-refractivity contribution in [1.82, 2.24) is 10.2 Å². The topological polar surface area (TPSA) is 58.6 Å². The number of nitrogens with zero attached hydrogens (tertiary/aromatic N) is 1. The molecule has 1 heterocycles. The highest BCUT2D eigenvalue weighted by Crippen LogP contribution is 2.18. The molecule has 2 rings (SSSR count). The van der Waals surface area contributed by atoms with E-state index in [1.165, 1.54) is 12.1 Å². The first-order valence-electron chi connectivity index (χ1n) is 7.08. The van der Waals surface area contributed by atoms with Crippen LogP contribution < -0.4 is 10.1 Å². The van der Waals surface area contributed by atoms with Crippen LogP contribution in [-0.2, 0) is 16.1 Å². The van der Waals surface area contributed by atoms with Gasteiger partial charge in [-0.15, -0.1) is 0 Å². The van der Waals surface area contributed by atoms with Crippen molar-refractivity contribution in [2.75, 3.05) is 13.1 Å². The Balaban J connectivity index is 1.88. The minimum Gasteiger partial charge on any atom is -0.435 e. The van der Waals surface area contributed by atoms with Crippen molar-refractivity contribution >= 4 is 11.8 Å². The fraction of sp³-hybridized carbons (Fsp3) is 0.467. The van der Waals surface area contributed by atoms with Crippen LogP contribution in [0.2, 0.25) is 0 Å². The van der Waals surface area contributed by atoms with Crippen molar-refractivity contribution in [3.8, 4) is 5.75 Å². The Labute approximate surface area is 127 Å². The summed E-state index contributed by atoms with van der Waals surface area (Å²) in [5, 5.41) is 2.73. The summed E-state index contributed by atoms with van der Waals surface area (Å²) in [5.41, 5.74) is 0.656. The molecule has 22 heavy (non-hydrogen) atoms. The van der Waals surface area contributed by atoms with Gasteiger partial charge in [-0.1, -0.05) is 12.1 Å². The third-order valence-corrected chi connectivity index (χ3v) is 3.56. The smallest absolute Gasteiger partial charge is 0.387 e. The standard InChI is InChI=1S/C15H18F2N2O3/c1-2-19-9-11(7-13(19)20)14(21)18-8-10-4-3-5-12(6-10)22-15(16)17/h3-6,11,15H,2,7-9H2,1H3,(H,18,21). The van der Waals surface area contributed by atoms with E-state index in [0.29, 0.717) is 18.7 Å². The zero-order chi connectivity index (χ0) is 16.1. The predicted molar refractivity (Wildman–Crippen MR) is 75.3 cm³/mol. The molecule has 2 amide bonds. The summed E-state index contributed by atoms with van der Waals surface area (Å²) in [6.45, 7) is 0.211. The quantitative estimate of drug-likeness (QED) is 0.871. The minimum atomic E-state index is -2.88. The molecular weight excluding hydrogens is 294 g/mol. The number of carbonyl (C=O) groups excluding carboxylic acids is 2. The molecule has 1 aromatic carbocycles. The number of halogens is 2. The van der Waals surface area contributed by atoms with Crippen LogP contribution in [0.5, 0.6) is 5.75 Å². The van der Waals surface area contributed by atoms with Gasteiger partial charge in [-0.2, -0.15) is 8.78 Å². The van der Waals surface area contributed by atoms with Crippen LogP contribution in [0.4, 0.5) is 8.78 Å². The van der Waals surface area contributed by atoms with Crippen LogP contribution in [-0.4, -0.2) is 36.4 Å². The van der Waals surface area contributed by atoms with E-state index < -0.39 is 6.61 Å². The Kier molecular flexibility index (Phi) is 5.30. The zero-order valence-corrected chi connectivity index (χ0v) is 12.2. The Bertz CT molecular complexity index is 551. The third kappa shape index (κ3) is 4.16. The van der Waals surface area contributed by atoms with E-state index in [-0.39, 0.29) is 36.4 Å². The Morgan fingerprint density at radius 2 is 2.27 bits per heavy atom. The minimum absolute atomic E-state index is 0.0185. The number of nitrogens with one attached hydrogen (secondary N) is 1. The number of benzene rings is 1. The van der Waals surface area contributed by atoms with E-state index in [9.17, 15) is 18.4 Å². The van der Waals surface area contributed by atoms with Gasteiger partial charge in [-0.25, -0.2) is 0 Å². The summed E-state index contributed by atoms with van der Waals surface area (Å²) in [7, 11) is 0. The second-order valence-corrected chi connectivity index (χ2v) is 5.08. The molecule has 1 N–H and O–H groups in total. The molecule has 5 nitrogen and oxygen atoms in total. The number of hydrogen-bond donors (Lipinski definition) is 1. The molecule has 0 saturated carbocycles. The lowest BCUT2D eigenvalue weighted by atomic mass is 10.1. The normalized spacial score (nSPS) is 17.9. The third-order valence-electron chi connectivity index (χ3n) is 3.56. The van der Waals surface area contributed by atoms with Gasteiger partial charge < -0.3 is 15.0 Å². The van der Waals surface area contributed by atoms with Gasteiger partial charge in [0.05, 0.1) is 5.92 Å². The van der Waals surface area contributed by atoms with E-state index in [1.54, 1.807) is 17.0 Å². The van der Waals surface area contributed by atoms with Crippen molar-refractivity contribution < 1.29 is 23.1 Å². The maximum absolute atomic E-state index is 12.1. The first-order chi connectivity index (χ1) is 10.5. The maximum atomic E-state index is 12.1. The number of hydrogen-bond acceptors (Lipinski definition) is 3. The largest absolute Gasteiger partial charge is 0.435 e. The van der Waals surface area contributed by atoms with Crippen LogP contribution in [0.15, 0.2) is 24.3 Å². The van der Waals surface area contributed by atoms with Gasteiger partial charge in [-0.05, 0) is 24.6 Å². The molecule has 1 saturated heterocycles. The molecule has 1 atom stereocenters. The van der Waals surface area contributed by atoms with Gasteiger partial charge >= 0.3 is 6.61 Å². The second kappa shape index (κ2) is 7.20. The van der Waals surface area contributed by atoms with Crippen LogP contribution >= 0.6 is 0 Å². The van der Waals surface area contributed by atoms with Crippen molar-refractivity contribution in [2.24, 2.45) is 5.92 Å². The lowest BCUT2D eigenvalue weighted by molar-refractivity contribution is -0.128. The van der Waals surface area contributed by atoms with Gasteiger partial charge in [0.2, 0.25) is 11.8 Å². The lowest BCUT2D eigenvalue weighted by Gasteiger charge is -2.14. The molecule has 7 heteroatoms. The molecule has 0 radical (unpaired) electrons. The van der Waals surface area contributed by atoms with E-state index in [1.807, 2.05) is 6.92 Å². The second-order valence-electron chi connectivity index (χ2n) is 5.08. The highest BCUT2D eigenvalue weighted by atomic mass is 19.3. The van der Waals surface area contributed by atoms with Crippen LogP contribution in [0.3, 0.4) is 0 Å². The van der Waals surface area contributed by atoms with E-state index in [4.69, 9.17) is 0 Å². The SMILES string of the molecule is CCN1CC(C(=O)NCc2cccc(OC(F)F)c2)CC1=O. The first kappa shape index (κ1) is 16.2. The van der Waals surface area contributed by atoms with Crippen molar-refractivity contribution in [1.29, 1.82) is 0 Å². The fourth-order valence-corrected chi connectivity index (χ4v) is 2.42. The summed E-state index contributed by atoms with van der Waals surface area (Å²) in [6.07, 6.45) is 0.216. The summed E-state index contributed by atoms with van der Waals surface area (Å²) < 4.78 is 28.6. The lowest BCUT2D eigenvalue weighted by Crippen LogP contribution is -2.32. The number of alkyl halides is 2. The summed E-state index contributed by atoms with van der Waals surface area (Å²) in [5.74, 6) is -0.526. The molecule has 0 aromatic heterocycles. The number of likely N-dealkylation sites (tertiary alicyclic amines) is 1. The van der Waals surface area contributed by atoms with Gasteiger partial charge in [-0.3, -0.25) is 9.59 Å². The highest BCUT2D eigenvalue weighted by Gasteiger charge is 2.33. The van der Waals surface area contributed by atoms with Gasteiger partial charge in [0.15, 0.2) is 0 Å². The van der Waals surface area contributed by atoms with Crippen molar-refractivity contribution in [3.05, 3.63) is 29.8 Å². The molecule has 0 spiro atoms. The van der Waals surface area contributed by atoms with Gasteiger partial charge in [0, 0.05) is 26.1 Å². The monoisotopic (exact) mass is 312 g/mol. The predicted octanol–water partition coefficient (Wildman–Crippen LogP) is 1.77. The van der Waals surface area contributed by atoms with Crippen LogP contribution in [0, 0.1) is 5.92 Å². The van der Waals surface area contributed by atoms with Crippen LogP contribution in [0.1, 0.15) is 18.9 Å². The van der Waals surface area contributed by atoms with E-state index in [2.05, 4.69) is 10.1 Å². The first-order valence-corrected chi connectivity index (χ1v) is 7.08. The molecule has 0 bridgehead atoms. The molecule has 1 aliphatic rings. The molecule has 1 fully saturated rings. The highest BCUT2D eigenvalue weighted by molar-refractivity contribution is 5.89. The number of amides is 2. The molecule has 1 unspecified atom stereocenters. The summed E-state index contributed by atoms with van der Waals surface area (Å²) in [6, 6.07) is 6.16. The van der Waals surface area contributed by atoms with E-state index in [0.717, 1.165) is 0 Å². The number of rotatable bonds is 6. The van der Waals surface area contributed by atoms with Gasteiger partial charge in [0.25, 0.3) is 0 Å². The molecule has 1 aromatic rings. The molecule has 120 valence electrons. The molecule has 1 aliphatic heterocycles. The Morgan fingerprint density at radius 3 is 2.91 bits per heavy atom.